The van der Waals surface area contributed by atoms with E-state index in [2.05, 4.69) is 4.40 Å². The molecule has 0 aliphatic carbocycles. The van der Waals surface area contributed by atoms with E-state index in [4.69, 9.17) is 5.11 Å². The topological polar surface area (TPSA) is 107 Å². The van der Waals surface area contributed by atoms with Gasteiger partial charge in [-0.05, 0) is 25.0 Å². The van der Waals surface area contributed by atoms with E-state index in [1.165, 1.54) is 4.90 Å². The van der Waals surface area contributed by atoms with Crippen LogP contribution in [-0.2, 0) is 19.6 Å². The van der Waals surface area contributed by atoms with E-state index in [0.29, 0.717) is 37.3 Å². The normalized spacial score (nSPS) is 19.9. The smallest absolute Gasteiger partial charge is 0.308 e. The molecule has 1 N–H and O–H groups in total. The van der Waals surface area contributed by atoms with Crippen LogP contribution in [0.5, 0.6) is 0 Å². The van der Waals surface area contributed by atoms with Crippen LogP contribution in [0.3, 0.4) is 0 Å². The zero-order valence-electron chi connectivity index (χ0n) is 15.3. The van der Waals surface area contributed by atoms with Crippen LogP contribution in [0.25, 0.3) is 0 Å². The first-order chi connectivity index (χ1) is 12.7. The number of amidine groups is 1. The highest BCUT2D eigenvalue weighted by atomic mass is 32.2. The molecular formula is C18H23N3O5S. The van der Waals surface area contributed by atoms with Crippen molar-refractivity contribution >= 4 is 27.7 Å². The van der Waals surface area contributed by atoms with Crippen molar-refractivity contribution in [2.24, 2.45) is 16.2 Å². The van der Waals surface area contributed by atoms with Gasteiger partial charge in [0.05, 0.1) is 5.92 Å². The van der Waals surface area contributed by atoms with Gasteiger partial charge in [0, 0.05) is 38.2 Å². The number of sulfonamides is 1. The van der Waals surface area contributed by atoms with Gasteiger partial charge in [0.2, 0.25) is 5.91 Å². The van der Waals surface area contributed by atoms with Gasteiger partial charge in [-0.2, -0.15) is 8.42 Å². The summed E-state index contributed by atoms with van der Waals surface area (Å²) in [7, 11) is -2.03. The summed E-state index contributed by atoms with van der Waals surface area (Å²) in [5.74, 6) is -1.35. The molecule has 1 aromatic rings. The zero-order valence-corrected chi connectivity index (χ0v) is 16.1. The quantitative estimate of drug-likeness (QED) is 0.819. The Morgan fingerprint density at radius 3 is 2.56 bits per heavy atom. The van der Waals surface area contributed by atoms with Gasteiger partial charge < -0.3 is 14.9 Å². The third-order valence-electron chi connectivity index (χ3n) is 5.10. The minimum Gasteiger partial charge on any atom is -0.481 e. The lowest BCUT2D eigenvalue weighted by Gasteiger charge is -2.34. The van der Waals surface area contributed by atoms with Crippen LogP contribution in [0, 0.1) is 11.8 Å². The summed E-state index contributed by atoms with van der Waals surface area (Å²) in [5.41, 5.74) is 0.606. The van der Waals surface area contributed by atoms with Gasteiger partial charge >= 0.3 is 5.97 Å². The molecule has 0 spiro atoms. The molecule has 2 aliphatic heterocycles. The van der Waals surface area contributed by atoms with Crippen molar-refractivity contribution in [2.75, 3.05) is 26.7 Å². The standard InChI is InChI=1S/C18H23N3O5S/c1-12(18(23)24)11-20(2)17(22)13-7-9-21(10-8-13)16-14-5-3-4-6-15(14)27(25,26)19-16/h3-6,12-13H,7-11H2,1-2H3,(H,23,24). The Kier molecular flexibility index (Phi) is 5.23. The van der Waals surface area contributed by atoms with Crippen LogP contribution >= 0.6 is 0 Å². The summed E-state index contributed by atoms with van der Waals surface area (Å²) in [6.07, 6.45) is 1.15. The lowest BCUT2D eigenvalue weighted by atomic mass is 9.94. The second kappa shape index (κ2) is 7.30. The average Bonchev–Trinajstić information content (AvgIpc) is 2.92. The predicted molar refractivity (Wildman–Crippen MR) is 98.9 cm³/mol. The second-order valence-electron chi connectivity index (χ2n) is 7.11. The molecule has 1 unspecified atom stereocenters. The molecule has 2 heterocycles. The number of hydrogen-bond acceptors (Lipinski definition) is 5. The molecule has 1 saturated heterocycles. The number of piperidine rings is 1. The van der Waals surface area contributed by atoms with E-state index in [1.807, 2.05) is 4.90 Å². The van der Waals surface area contributed by atoms with E-state index < -0.39 is 21.9 Å². The third kappa shape index (κ3) is 3.83. The van der Waals surface area contributed by atoms with Crippen LogP contribution in [0.15, 0.2) is 33.6 Å². The molecule has 9 heteroatoms. The molecule has 146 valence electrons. The van der Waals surface area contributed by atoms with Crippen molar-refractivity contribution in [3.05, 3.63) is 29.8 Å². The zero-order chi connectivity index (χ0) is 19.8. The Morgan fingerprint density at radius 2 is 1.93 bits per heavy atom. The number of fused-ring (bicyclic) bond motifs is 1. The highest BCUT2D eigenvalue weighted by molar-refractivity contribution is 7.90. The van der Waals surface area contributed by atoms with Crippen LogP contribution in [0.4, 0.5) is 0 Å². The Bertz CT molecular complexity index is 888. The molecule has 0 bridgehead atoms. The van der Waals surface area contributed by atoms with Gasteiger partial charge in [-0.1, -0.05) is 19.1 Å². The minimum atomic E-state index is -3.65. The molecule has 0 saturated carbocycles. The number of likely N-dealkylation sites (tertiary alicyclic amines) is 1. The molecule has 1 fully saturated rings. The summed E-state index contributed by atoms with van der Waals surface area (Å²) in [6.45, 7) is 2.81. The van der Waals surface area contributed by atoms with Crippen LogP contribution in [-0.4, -0.2) is 67.7 Å². The first kappa shape index (κ1) is 19.3. The Hall–Kier alpha value is -2.42. The predicted octanol–water partition coefficient (Wildman–Crippen LogP) is 1.03. The maximum atomic E-state index is 12.6. The first-order valence-corrected chi connectivity index (χ1v) is 10.3. The van der Waals surface area contributed by atoms with Gasteiger partial charge in [0.25, 0.3) is 10.0 Å². The lowest BCUT2D eigenvalue weighted by Crippen LogP contribution is -2.44. The summed E-state index contributed by atoms with van der Waals surface area (Å²) < 4.78 is 28.3. The number of rotatable bonds is 4. The fourth-order valence-electron chi connectivity index (χ4n) is 3.55. The summed E-state index contributed by atoms with van der Waals surface area (Å²) in [5, 5.41) is 8.99. The van der Waals surface area contributed by atoms with Crippen LogP contribution in [0.2, 0.25) is 0 Å². The van der Waals surface area contributed by atoms with Crippen molar-refractivity contribution < 1.29 is 23.1 Å². The number of hydrogen-bond donors (Lipinski definition) is 1. The Balaban J connectivity index is 1.65. The Labute approximate surface area is 158 Å². The maximum Gasteiger partial charge on any atom is 0.308 e. The number of aliphatic carboxylic acids is 1. The van der Waals surface area contributed by atoms with Crippen molar-refractivity contribution in [3.63, 3.8) is 0 Å². The highest BCUT2D eigenvalue weighted by Gasteiger charge is 2.35. The Morgan fingerprint density at radius 1 is 1.30 bits per heavy atom. The second-order valence-corrected chi connectivity index (χ2v) is 8.68. The van der Waals surface area contributed by atoms with E-state index in [0.717, 1.165) is 0 Å². The molecule has 1 atom stereocenters. The summed E-state index contributed by atoms with van der Waals surface area (Å²) >= 11 is 0. The number of carbonyl (C=O) groups is 2. The molecule has 0 radical (unpaired) electrons. The largest absolute Gasteiger partial charge is 0.481 e. The van der Waals surface area contributed by atoms with Crippen molar-refractivity contribution in [2.45, 2.75) is 24.7 Å². The van der Waals surface area contributed by atoms with Gasteiger partial charge in [0.1, 0.15) is 4.90 Å². The molecule has 1 aromatic carbocycles. The lowest BCUT2D eigenvalue weighted by molar-refractivity contribution is -0.143. The van der Waals surface area contributed by atoms with Gasteiger partial charge in [-0.15, -0.1) is 4.40 Å². The van der Waals surface area contributed by atoms with Gasteiger partial charge in [-0.3, -0.25) is 9.59 Å². The molecule has 8 nitrogen and oxygen atoms in total. The molecule has 0 aromatic heterocycles. The first-order valence-electron chi connectivity index (χ1n) is 8.88. The van der Waals surface area contributed by atoms with Crippen LogP contribution in [0.1, 0.15) is 25.3 Å². The molecule has 2 aliphatic rings. The van der Waals surface area contributed by atoms with E-state index in [-0.39, 0.29) is 23.3 Å². The van der Waals surface area contributed by atoms with E-state index in [1.54, 1.807) is 38.2 Å². The number of carboxylic acids is 1. The number of carbonyl (C=O) groups excluding carboxylic acids is 1. The van der Waals surface area contributed by atoms with Crippen molar-refractivity contribution in [3.8, 4) is 0 Å². The van der Waals surface area contributed by atoms with Crippen LogP contribution < -0.4 is 0 Å². The number of benzene rings is 1. The highest BCUT2D eigenvalue weighted by Crippen LogP contribution is 2.30. The van der Waals surface area contributed by atoms with Crippen molar-refractivity contribution in [1.82, 2.24) is 9.80 Å². The number of amides is 1. The van der Waals surface area contributed by atoms with Gasteiger partial charge in [-0.25, -0.2) is 0 Å². The molecular weight excluding hydrogens is 370 g/mol. The molecule has 27 heavy (non-hydrogen) atoms. The number of nitrogens with zero attached hydrogens (tertiary/aromatic N) is 3. The maximum absolute atomic E-state index is 12.6. The third-order valence-corrected chi connectivity index (χ3v) is 6.43. The molecule has 3 rings (SSSR count). The summed E-state index contributed by atoms with van der Waals surface area (Å²) in [6, 6.07) is 6.75. The monoisotopic (exact) mass is 393 g/mol. The fourth-order valence-corrected chi connectivity index (χ4v) is 4.77. The van der Waals surface area contributed by atoms with Gasteiger partial charge in [0.15, 0.2) is 5.84 Å². The minimum absolute atomic E-state index is 0.0656. The number of carboxylic acid groups (broad SMARTS) is 1. The average molecular weight is 393 g/mol. The van der Waals surface area contributed by atoms with Crippen molar-refractivity contribution in [1.29, 1.82) is 0 Å². The van der Waals surface area contributed by atoms with E-state index >= 15 is 0 Å². The molecule has 1 amide bonds. The summed E-state index contributed by atoms with van der Waals surface area (Å²) in [4.78, 5) is 27.2. The van der Waals surface area contributed by atoms with E-state index in [9.17, 15) is 18.0 Å². The SMILES string of the molecule is CC(CN(C)C(=O)C1CCN(C2=NS(=O)(=O)c3ccccc32)CC1)C(=O)O. The fraction of sp³-hybridized carbons (Fsp3) is 0.500.